The lowest BCUT2D eigenvalue weighted by Gasteiger charge is -2.26. The Bertz CT molecular complexity index is 1270. The van der Waals surface area contributed by atoms with Gasteiger partial charge in [0.2, 0.25) is 18.0 Å². The van der Waals surface area contributed by atoms with Gasteiger partial charge in [-0.15, -0.1) is 0 Å². The minimum atomic E-state index is -4.52. The molecule has 8 nitrogen and oxygen atoms in total. The van der Waals surface area contributed by atoms with Gasteiger partial charge in [-0.3, -0.25) is 14.4 Å². The van der Waals surface area contributed by atoms with E-state index in [4.69, 9.17) is 5.73 Å². The molecule has 38 heavy (non-hydrogen) atoms. The van der Waals surface area contributed by atoms with Crippen LogP contribution in [0.5, 0.6) is 5.75 Å². The van der Waals surface area contributed by atoms with Gasteiger partial charge in [0.15, 0.2) is 0 Å². The fraction of sp³-hybridized carbons (Fsp3) is 0.407. The van der Waals surface area contributed by atoms with Crippen LogP contribution in [0.25, 0.3) is 0 Å². The number of anilines is 1. The van der Waals surface area contributed by atoms with Crippen molar-refractivity contribution in [2.24, 2.45) is 28.5 Å². The Labute approximate surface area is 217 Å². The quantitative estimate of drug-likeness (QED) is 0.367. The maximum atomic E-state index is 13.4. The molecule has 2 aromatic carbocycles. The number of aliphatic imine (C=N–C) groups is 1. The number of aryl methyl sites for hydroxylation is 1. The number of benzodiazepines with no additional fused rings is 1. The van der Waals surface area contributed by atoms with Gasteiger partial charge in [0.05, 0.1) is 11.4 Å². The average molecular weight is 531 g/mol. The molecule has 2 aromatic rings. The SMILES string of the molecule is Cc1cccc(C2=N[C@H](NC(=O)[C@@H](CC3CC3)[C@@H](CCC(F)(F)F)C(N)=O)C(=O)Nc3c(O)cccc32)c1. The zero-order chi connectivity index (χ0) is 27.6. The average Bonchev–Trinajstić information content (AvgIpc) is 3.66. The van der Waals surface area contributed by atoms with Crippen molar-refractivity contribution in [3.05, 3.63) is 59.2 Å². The molecular formula is C27H29F3N4O4. The Kier molecular flexibility index (Phi) is 7.75. The molecule has 5 N–H and O–H groups in total. The summed E-state index contributed by atoms with van der Waals surface area (Å²) in [5, 5.41) is 15.6. The fourth-order valence-electron chi connectivity index (χ4n) is 4.71. The monoisotopic (exact) mass is 530 g/mol. The molecule has 0 saturated heterocycles. The van der Waals surface area contributed by atoms with Crippen LogP contribution in [0.2, 0.25) is 0 Å². The van der Waals surface area contributed by atoms with Gasteiger partial charge in [-0.1, -0.05) is 48.7 Å². The molecule has 3 amide bonds. The maximum absolute atomic E-state index is 13.4. The number of phenolic OH excluding ortho intramolecular Hbond substituents is 1. The van der Waals surface area contributed by atoms with Crippen molar-refractivity contribution in [1.29, 1.82) is 0 Å². The van der Waals surface area contributed by atoms with Gasteiger partial charge >= 0.3 is 6.18 Å². The molecule has 0 aromatic heterocycles. The highest BCUT2D eigenvalue weighted by molar-refractivity contribution is 6.20. The number of rotatable bonds is 9. The summed E-state index contributed by atoms with van der Waals surface area (Å²) in [6, 6.07) is 11.9. The molecule has 1 saturated carbocycles. The third kappa shape index (κ3) is 6.51. The predicted octanol–water partition coefficient (Wildman–Crippen LogP) is 3.79. The van der Waals surface area contributed by atoms with E-state index in [0.29, 0.717) is 16.8 Å². The first-order valence-electron chi connectivity index (χ1n) is 12.4. The highest BCUT2D eigenvalue weighted by Gasteiger charge is 2.41. The zero-order valence-electron chi connectivity index (χ0n) is 20.7. The Hall–Kier alpha value is -3.89. The molecular weight excluding hydrogens is 501 g/mol. The van der Waals surface area contributed by atoms with Gasteiger partial charge in [0.1, 0.15) is 5.75 Å². The van der Waals surface area contributed by atoms with Crippen LogP contribution in [0, 0.1) is 24.7 Å². The first-order chi connectivity index (χ1) is 17.9. The second-order valence-corrected chi connectivity index (χ2v) is 9.90. The van der Waals surface area contributed by atoms with E-state index in [1.807, 2.05) is 19.1 Å². The van der Waals surface area contributed by atoms with E-state index in [9.17, 15) is 32.7 Å². The van der Waals surface area contributed by atoms with Crippen LogP contribution in [0.4, 0.5) is 18.9 Å². The number of benzene rings is 2. The number of alkyl halides is 3. The first kappa shape index (κ1) is 27.2. The van der Waals surface area contributed by atoms with E-state index in [0.717, 1.165) is 18.4 Å². The number of primary amides is 1. The van der Waals surface area contributed by atoms with Gasteiger partial charge in [0, 0.05) is 29.4 Å². The van der Waals surface area contributed by atoms with E-state index >= 15 is 0 Å². The normalized spacial score (nSPS) is 18.9. The summed E-state index contributed by atoms with van der Waals surface area (Å²) in [7, 11) is 0. The van der Waals surface area contributed by atoms with E-state index in [1.54, 1.807) is 24.3 Å². The molecule has 0 radical (unpaired) electrons. The molecule has 11 heteroatoms. The van der Waals surface area contributed by atoms with Crippen LogP contribution < -0.4 is 16.4 Å². The lowest BCUT2D eigenvalue weighted by atomic mass is 9.83. The Morgan fingerprint density at radius 1 is 1.18 bits per heavy atom. The number of phenols is 1. The van der Waals surface area contributed by atoms with Crippen molar-refractivity contribution in [2.75, 3.05) is 5.32 Å². The van der Waals surface area contributed by atoms with Gasteiger partial charge in [-0.05, 0) is 37.8 Å². The van der Waals surface area contributed by atoms with Crippen molar-refractivity contribution < 1.29 is 32.7 Å². The molecule has 1 heterocycles. The van der Waals surface area contributed by atoms with Crippen LogP contribution in [-0.2, 0) is 14.4 Å². The standard InChI is InChI=1S/C27H29F3N4O4/c1-14-4-2-5-16(12-14)21-18-6-3-7-20(35)22(18)33-26(38)24(32-21)34-25(37)19(13-15-8-9-15)17(23(31)36)10-11-27(28,29)30/h2-7,12,15,17,19,24,35H,8-11,13H2,1H3,(H2,31,36)(H,33,38)(H,34,37)/t17-,19+,24-/m1/s1. The number of aromatic hydroxyl groups is 1. The summed E-state index contributed by atoms with van der Waals surface area (Å²) in [5.74, 6) is -5.13. The topological polar surface area (TPSA) is 134 Å². The number of carbonyl (C=O) groups excluding carboxylic acids is 3. The summed E-state index contributed by atoms with van der Waals surface area (Å²) in [5.41, 5.74) is 7.86. The number of fused-ring (bicyclic) bond motifs is 1. The Balaban J connectivity index is 1.68. The maximum Gasteiger partial charge on any atom is 0.389 e. The Morgan fingerprint density at radius 3 is 2.53 bits per heavy atom. The van der Waals surface area contributed by atoms with E-state index in [-0.39, 0.29) is 23.8 Å². The van der Waals surface area contributed by atoms with Crippen molar-refractivity contribution in [1.82, 2.24) is 5.32 Å². The number of halogens is 3. The number of hydrogen-bond acceptors (Lipinski definition) is 5. The number of hydrogen-bond donors (Lipinski definition) is 4. The second kappa shape index (κ2) is 10.8. The lowest BCUT2D eigenvalue weighted by molar-refractivity contribution is -0.146. The first-order valence-corrected chi connectivity index (χ1v) is 12.4. The molecule has 0 spiro atoms. The number of carbonyl (C=O) groups is 3. The van der Waals surface area contributed by atoms with Crippen LogP contribution in [0.15, 0.2) is 47.5 Å². The molecule has 1 fully saturated rings. The predicted molar refractivity (Wildman–Crippen MR) is 134 cm³/mol. The minimum Gasteiger partial charge on any atom is -0.506 e. The highest BCUT2D eigenvalue weighted by Crippen LogP contribution is 2.39. The molecule has 1 aliphatic heterocycles. The molecule has 0 bridgehead atoms. The third-order valence-electron chi connectivity index (χ3n) is 6.83. The van der Waals surface area contributed by atoms with Crippen molar-refractivity contribution in [3.63, 3.8) is 0 Å². The van der Waals surface area contributed by atoms with Crippen LogP contribution in [0.3, 0.4) is 0 Å². The van der Waals surface area contributed by atoms with Gasteiger partial charge in [-0.2, -0.15) is 13.2 Å². The molecule has 4 rings (SSSR count). The summed E-state index contributed by atoms with van der Waals surface area (Å²) in [6.45, 7) is 1.88. The third-order valence-corrected chi connectivity index (χ3v) is 6.83. The van der Waals surface area contributed by atoms with E-state index in [2.05, 4.69) is 15.6 Å². The number of amides is 3. The smallest absolute Gasteiger partial charge is 0.389 e. The molecule has 202 valence electrons. The van der Waals surface area contributed by atoms with Crippen molar-refractivity contribution in [3.8, 4) is 5.75 Å². The summed E-state index contributed by atoms with van der Waals surface area (Å²) in [4.78, 5) is 43.3. The molecule has 0 unspecified atom stereocenters. The number of para-hydroxylation sites is 1. The van der Waals surface area contributed by atoms with E-state index in [1.165, 1.54) is 6.07 Å². The molecule has 1 aliphatic carbocycles. The number of nitrogens with two attached hydrogens (primary N) is 1. The summed E-state index contributed by atoms with van der Waals surface area (Å²) < 4.78 is 38.8. The van der Waals surface area contributed by atoms with Crippen LogP contribution in [-0.4, -0.2) is 40.9 Å². The summed E-state index contributed by atoms with van der Waals surface area (Å²) >= 11 is 0. The second-order valence-electron chi connectivity index (χ2n) is 9.90. The van der Waals surface area contributed by atoms with Gasteiger partial charge in [0.25, 0.3) is 5.91 Å². The number of nitrogens with zero attached hydrogens (tertiary/aromatic N) is 1. The van der Waals surface area contributed by atoms with Crippen LogP contribution >= 0.6 is 0 Å². The van der Waals surface area contributed by atoms with Gasteiger partial charge < -0.3 is 21.5 Å². The molecule has 2 aliphatic rings. The van der Waals surface area contributed by atoms with Crippen molar-refractivity contribution in [2.45, 2.75) is 51.4 Å². The Morgan fingerprint density at radius 2 is 1.89 bits per heavy atom. The molecule has 3 atom stereocenters. The summed E-state index contributed by atoms with van der Waals surface area (Å²) in [6.07, 6.45) is -6.11. The largest absolute Gasteiger partial charge is 0.506 e. The lowest BCUT2D eigenvalue weighted by Crippen LogP contribution is -2.48. The van der Waals surface area contributed by atoms with Gasteiger partial charge in [-0.25, -0.2) is 4.99 Å². The fourth-order valence-corrected chi connectivity index (χ4v) is 4.71. The van der Waals surface area contributed by atoms with Crippen LogP contribution in [0.1, 0.15) is 48.8 Å². The van der Waals surface area contributed by atoms with Crippen molar-refractivity contribution >= 4 is 29.1 Å². The number of nitrogens with one attached hydrogen (secondary N) is 2. The highest BCUT2D eigenvalue weighted by atomic mass is 19.4. The van der Waals surface area contributed by atoms with E-state index < -0.39 is 54.7 Å². The zero-order valence-corrected chi connectivity index (χ0v) is 20.7. The minimum absolute atomic E-state index is 0.0917.